The lowest BCUT2D eigenvalue weighted by atomic mass is 9.93. The SMILES string of the molecule is Cc1ccc(C(C)C)c(N2C(=NC(=O)NC3CCCC3c3ccc(-c4ncn(-c5ccc(OC(F)(F)F)cc5)n4)cc3)SCCC2C)c1. The predicted octanol–water partition coefficient (Wildman–Crippen LogP) is 9.00. The number of benzene rings is 3. The number of nitrogens with zero attached hydrogens (tertiary/aromatic N) is 5. The first-order chi connectivity index (χ1) is 22.9. The Morgan fingerprint density at radius 1 is 1.04 bits per heavy atom. The second-order valence-electron chi connectivity index (χ2n) is 12.7. The van der Waals surface area contributed by atoms with Gasteiger partial charge in [0.2, 0.25) is 0 Å². The number of hydrogen-bond acceptors (Lipinski definition) is 5. The lowest BCUT2D eigenvalue weighted by molar-refractivity contribution is -0.274. The summed E-state index contributed by atoms with van der Waals surface area (Å²) in [5.41, 5.74) is 6.03. The number of amidine groups is 1. The van der Waals surface area contributed by atoms with Gasteiger partial charge in [-0.1, -0.05) is 68.4 Å². The highest BCUT2D eigenvalue weighted by molar-refractivity contribution is 8.14. The molecule has 6 rings (SSSR count). The Bertz CT molecular complexity index is 1770. The number of nitrogens with one attached hydrogen (secondary N) is 1. The normalized spacial score (nSPS) is 20.8. The molecule has 2 heterocycles. The molecule has 2 aliphatic rings. The Balaban J connectivity index is 1.14. The van der Waals surface area contributed by atoms with Crippen LogP contribution in [0, 0.1) is 6.92 Å². The molecule has 0 radical (unpaired) electrons. The monoisotopic (exact) mass is 676 g/mol. The van der Waals surface area contributed by atoms with E-state index in [4.69, 9.17) is 0 Å². The number of halogens is 3. The third kappa shape index (κ3) is 7.69. The number of aliphatic imine (C=N–C) groups is 1. The smallest absolute Gasteiger partial charge is 0.406 e. The molecule has 0 spiro atoms. The number of urea groups is 1. The second-order valence-corrected chi connectivity index (χ2v) is 13.8. The third-order valence-electron chi connectivity index (χ3n) is 8.93. The highest BCUT2D eigenvalue weighted by atomic mass is 32.2. The molecule has 0 bridgehead atoms. The van der Waals surface area contributed by atoms with E-state index in [-0.39, 0.29) is 29.8 Å². The minimum atomic E-state index is -4.75. The van der Waals surface area contributed by atoms with Crippen LogP contribution in [0.1, 0.15) is 75.0 Å². The number of amides is 2. The summed E-state index contributed by atoms with van der Waals surface area (Å²) >= 11 is 1.64. The summed E-state index contributed by atoms with van der Waals surface area (Å²) < 4.78 is 42.9. The fourth-order valence-corrected chi connectivity index (χ4v) is 7.70. The summed E-state index contributed by atoms with van der Waals surface area (Å²) in [6.45, 7) is 8.68. The topological polar surface area (TPSA) is 84.6 Å². The van der Waals surface area contributed by atoms with Crippen molar-refractivity contribution in [2.45, 2.75) is 83.7 Å². The number of aryl methyl sites for hydroxylation is 1. The number of hydrogen-bond donors (Lipinski definition) is 1. The van der Waals surface area contributed by atoms with Gasteiger partial charge in [0.15, 0.2) is 11.0 Å². The quantitative estimate of drug-likeness (QED) is 0.210. The van der Waals surface area contributed by atoms with Crippen molar-refractivity contribution in [3.63, 3.8) is 0 Å². The van der Waals surface area contributed by atoms with E-state index in [1.54, 1.807) is 11.8 Å². The maximum Gasteiger partial charge on any atom is 0.573 e. The first kappa shape index (κ1) is 33.6. The van der Waals surface area contributed by atoms with Gasteiger partial charge in [0.25, 0.3) is 0 Å². The Labute approximate surface area is 282 Å². The van der Waals surface area contributed by atoms with E-state index in [0.717, 1.165) is 53.4 Å². The van der Waals surface area contributed by atoms with E-state index in [1.165, 1.54) is 46.4 Å². The Morgan fingerprint density at radius 3 is 2.50 bits per heavy atom. The van der Waals surface area contributed by atoms with Crippen LogP contribution in [-0.4, -0.2) is 50.2 Å². The van der Waals surface area contributed by atoms with Crippen molar-refractivity contribution in [3.8, 4) is 22.8 Å². The summed E-state index contributed by atoms with van der Waals surface area (Å²) in [7, 11) is 0. The Morgan fingerprint density at radius 2 is 1.79 bits per heavy atom. The van der Waals surface area contributed by atoms with Crippen LogP contribution < -0.4 is 15.0 Å². The van der Waals surface area contributed by atoms with Crippen LogP contribution in [0.3, 0.4) is 0 Å². The van der Waals surface area contributed by atoms with Gasteiger partial charge in [0.05, 0.1) is 5.69 Å². The van der Waals surface area contributed by atoms with Crippen LogP contribution in [0.2, 0.25) is 0 Å². The molecule has 1 saturated carbocycles. The van der Waals surface area contributed by atoms with E-state index in [1.807, 2.05) is 24.3 Å². The number of thioether (sulfide) groups is 1. The van der Waals surface area contributed by atoms with Gasteiger partial charge in [0.1, 0.15) is 12.1 Å². The van der Waals surface area contributed by atoms with Gasteiger partial charge in [0, 0.05) is 35.0 Å². The number of rotatable bonds is 7. The molecule has 3 atom stereocenters. The first-order valence-corrected chi connectivity index (χ1v) is 17.2. The van der Waals surface area contributed by atoms with Crippen LogP contribution in [0.4, 0.5) is 23.7 Å². The molecule has 3 aromatic carbocycles. The standard InChI is InChI=1S/C36H39F3N6O2S/c1-22(2)29-17-8-23(3)20-32(29)45-24(4)18-19-48-35(45)42-34(46)41-31-7-5-6-30(31)25-9-11-26(12-10-25)33-40-21-44(43-33)27-13-15-28(16-14-27)47-36(37,38)39/h8-17,20-22,24,30-31H,5-7,18-19H2,1-4H3,(H,41,46). The number of ether oxygens (including phenoxy) is 1. The number of aromatic nitrogens is 3. The summed E-state index contributed by atoms with van der Waals surface area (Å²) in [5, 5.41) is 8.48. The van der Waals surface area contributed by atoms with Gasteiger partial charge < -0.3 is 15.0 Å². The molecule has 3 unspecified atom stereocenters. The van der Waals surface area contributed by atoms with Gasteiger partial charge >= 0.3 is 12.4 Å². The highest BCUT2D eigenvalue weighted by Gasteiger charge is 2.33. The number of carbonyl (C=O) groups excluding carboxylic acids is 1. The molecule has 12 heteroatoms. The van der Waals surface area contributed by atoms with Crippen molar-refractivity contribution >= 4 is 28.6 Å². The zero-order chi connectivity index (χ0) is 34.0. The lowest BCUT2D eigenvalue weighted by Crippen LogP contribution is -2.43. The molecule has 2 fully saturated rings. The van der Waals surface area contributed by atoms with Gasteiger partial charge in [-0.3, -0.25) is 0 Å². The summed E-state index contributed by atoms with van der Waals surface area (Å²) in [4.78, 5) is 24.7. The first-order valence-electron chi connectivity index (χ1n) is 16.2. The molecule has 4 aromatic rings. The molecular formula is C36H39F3N6O2S. The van der Waals surface area contributed by atoms with Gasteiger partial charge in [-0.05, 0) is 86.1 Å². The van der Waals surface area contributed by atoms with Gasteiger partial charge in [-0.15, -0.1) is 18.3 Å². The van der Waals surface area contributed by atoms with Crippen molar-refractivity contribution in [2.24, 2.45) is 4.99 Å². The third-order valence-corrected chi connectivity index (χ3v) is 9.91. The molecule has 8 nitrogen and oxygen atoms in total. The second kappa shape index (κ2) is 14.0. The van der Waals surface area contributed by atoms with Crippen LogP contribution in [-0.2, 0) is 0 Å². The zero-order valence-corrected chi connectivity index (χ0v) is 28.2. The van der Waals surface area contributed by atoms with E-state index in [9.17, 15) is 18.0 Å². The molecule has 1 N–H and O–H groups in total. The summed E-state index contributed by atoms with van der Waals surface area (Å²) in [6.07, 6.45) is 0.626. The fraction of sp³-hybridized carbons (Fsp3) is 0.389. The minimum absolute atomic E-state index is 0.0287. The Hall–Kier alpha value is -4.32. The average molecular weight is 677 g/mol. The van der Waals surface area contributed by atoms with Crippen LogP contribution in [0.25, 0.3) is 17.1 Å². The molecule has 2 amide bonds. The number of anilines is 1. The van der Waals surface area contributed by atoms with Crippen LogP contribution in [0.15, 0.2) is 78.0 Å². The van der Waals surface area contributed by atoms with E-state index < -0.39 is 6.36 Å². The summed E-state index contributed by atoms with van der Waals surface area (Å²) in [6, 6.07) is 19.9. The van der Waals surface area contributed by atoms with Crippen molar-refractivity contribution in [1.82, 2.24) is 20.1 Å². The van der Waals surface area contributed by atoms with E-state index in [2.05, 4.69) is 75.9 Å². The van der Waals surface area contributed by atoms with Crippen molar-refractivity contribution in [1.29, 1.82) is 0 Å². The van der Waals surface area contributed by atoms with Crippen LogP contribution >= 0.6 is 11.8 Å². The van der Waals surface area contributed by atoms with Crippen molar-refractivity contribution in [3.05, 3.63) is 89.7 Å². The number of carbonyl (C=O) groups is 1. The molecule has 48 heavy (non-hydrogen) atoms. The van der Waals surface area contributed by atoms with Crippen molar-refractivity contribution in [2.75, 3.05) is 10.7 Å². The predicted molar refractivity (Wildman–Crippen MR) is 184 cm³/mol. The minimum Gasteiger partial charge on any atom is -0.406 e. The zero-order valence-electron chi connectivity index (χ0n) is 27.4. The summed E-state index contributed by atoms with van der Waals surface area (Å²) in [5.74, 6) is 1.60. The molecular weight excluding hydrogens is 637 g/mol. The van der Waals surface area contributed by atoms with Crippen molar-refractivity contribution < 1.29 is 22.7 Å². The fourth-order valence-electron chi connectivity index (χ4n) is 6.49. The molecule has 1 aliphatic carbocycles. The lowest BCUT2D eigenvalue weighted by Gasteiger charge is -2.37. The van der Waals surface area contributed by atoms with Gasteiger partial charge in [-0.2, -0.15) is 4.99 Å². The number of alkyl halides is 3. The molecule has 1 aliphatic heterocycles. The largest absolute Gasteiger partial charge is 0.573 e. The van der Waals surface area contributed by atoms with Gasteiger partial charge in [-0.25, -0.2) is 14.5 Å². The molecule has 1 saturated heterocycles. The highest BCUT2D eigenvalue weighted by Crippen LogP contribution is 2.37. The van der Waals surface area contributed by atoms with Crippen LogP contribution in [0.5, 0.6) is 5.75 Å². The average Bonchev–Trinajstić information content (AvgIpc) is 3.71. The molecule has 252 valence electrons. The molecule has 1 aromatic heterocycles. The maximum absolute atomic E-state index is 13.4. The maximum atomic E-state index is 13.4. The van der Waals surface area contributed by atoms with E-state index >= 15 is 0 Å². The Kier molecular flexibility index (Phi) is 9.82. The van der Waals surface area contributed by atoms with E-state index in [0.29, 0.717) is 17.4 Å².